The quantitative estimate of drug-likeness (QED) is 0.847. The Morgan fingerprint density at radius 2 is 1.96 bits per heavy atom. The third kappa shape index (κ3) is 3.35. The van der Waals surface area contributed by atoms with Crippen molar-refractivity contribution in [2.45, 2.75) is 44.6 Å². The van der Waals surface area contributed by atoms with Crippen molar-refractivity contribution in [2.75, 3.05) is 13.2 Å². The van der Waals surface area contributed by atoms with Gasteiger partial charge < -0.3 is 9.47 Å². The predicted molar refractivity (Wildman–Crippen MR) is 75.7 cm³/mol. The molecule has 0 aliphatic carbocycles. The van der Waals surface area contributed by atoms with Gasteiger partial charge in [0.05, 0.1) is 0 Å². The number of halogens is 3. The van der Waals surface area contributed by atoms with Crippen LogP contribution in [-0.2, 0) is 20.8 Å². The number of esters is 1. The van der Waals surface area contributed by atoms with Crippen LogP contribution in [0.4, 0.5) is 13.2 Å². The second-order valence-corrected chi connectivity index (χ2v) is 5.96. The van der Waals surface area contributed by atoms with Gasteiger partial charge in [-0.05, 0) is 48.4 Å². The number of aryl methyl sites for hydroxylation is 1. The minimum Gasteiger partial charge on any atom is -0.436 e. The number of hydrogen-bond acceptors (Lipinski definition) is 4. The molecule has 2 heterocycles. The lowest BCUT2D eigenvalue weighted by Crippen LogP contribution is -2.30. The highest BCUT2D eigenvalue weighted by molar-refractivity contribution is 5.76. The van der Waals surface area contributed by atoms with Crippen molar-refractivity contribution in [3.63, 3.8) is 0 Å². The summed E-state index contributed by atoms with van der Waals surface area (Å²) in [6.45, 7) is 3.76. The number of ether oxygens (including phenoxy) is 2. The van der Waals surface area contributed by atoms with E-state index < -0.39 is 18.4 Å². The van der Waals surface area contributed by atoms with Gasteiger partial charge >= 0.3 is 12.1 Å². The molecule has 3 rings (SSSR count). The molecule has 1 aromatic carbocycles. The summed E-state index contributed by atoms with van der Waals surface area (Å²) in [7, 11) is 0. The highest BCUT2D eigenvalue weighted by Gasteiger charge is 2.43. The summed E-state index contributed by atoms with van der Waals surface area (Å²) in [5.41, 5.74) is 3.71. The zero-order chi connectivity index (χ0) is 16.6. The van der Waals surface area contributed by atoms with E-state index in [4.69, 9.17) is 4.74 Å². The van der Waals surface area contributed by atoms with Crippen LogP contribution < -0.4 is 5.32 Å². The topological polar surface area (TPSA) is 47.6 Å². The van der Waals surface area contributed by atoms with Gasteiger partial charge in [-0.3, -0.25) is 5.32 Å². The Labute approximate surface area is 132 Å². The molecule has 1 aromatic rings. The standard InChI is InChI=1S/C16H18F3NO3/c1-9-6-11-8-20-14(23-15(21)16(17,18)19)13(11)7-12(9)10-2-4-22-5-3-10/h6-7,10,14,20H,2-5,8H2,1H3. The van der Waals surface area contributed by atoms with Crippen LogP contribution in [0.1, 0.15) is 47.2 Å². The first kappa shape index (κ1) is 16.3. The summed E-state index contributed by atoms with van der Waals surface area (Å²) >= 11 is 0. The first-order valence-corrected chi connectivity index (χ1v) is 7.58. The zero-order valence-electron chi connectivity index (χ0n) is 12.7. The maximum Gasteiger partial charge on any atom is 0.490 e. The maximum atomic E-state index is 12.4. The van der Waals surface area contributed by atoms with Crippen molar-refractivity contribution in [1.29, 1.82) is 0 Å². The minimum absolute atomic E-state index is 0.327. The molecule has 126 valence electrons. The van der Waals surface area contributed by atoms with E-state index in [1.165, 1.54) is 0 Å². The molecule has 23 heavy (non-hydrogen) atoms. The third-order valence-corrected chi connectivity index (χ3v) is 4.41. The molecule has 0 saturated carbocycles. The fraction of sp³-hybridized carbons (Fsp3) is 0.562. The molecule has 1 atom stereocenters. The van der Waals surface area contributed by atoms with Crippen LogP contribution in [0.25, 0.3) is 0 Å². The minimum atomic E-state index is -4.99. The second-order valence-electron chi connectivity index (χ2n) is 5.96. The first-order valence-electron chi connectivity index (χ1n) is 7.58. The molecule has 2 aliphatic heterocycles. The lowest BCUT2D eigenvalue weighted by molar-refractivity contribution is -0.206. The van der Waals surface area contributed by atoms with Gasteiger partial charge in [0.1, 0.15) is 0 Å². The van der Waals surface area contributed by atoms with E-state index in [1.807, 2.05) is 19.1 Å². The van der Waals surface area contributed by atoms with Gasteiger partial charge in [-0.1, -0.05) is 6.07 Å². The third-order valence-electron chi connectivity index (χ3n) is 4.41. The van der Waals surface area contributed by atoms with Gasteiger partial charge in [0.15, 0.2) is 6.23 Å². The molecule has 4 nitrogen and oxygen atoms in total. The first-order chi connectivity index (χ1) is 10.9. The Bertz CT molecular complexity index is 609. The van der Waals surface area contributed by atoms with Crippen molar-refractivity contribution in [1.82, 2.24) is 5.32 Å². The Kier molecular flexibility index (Phi) is 4.33. The summed E-state index contributed by atoms with van der Waals surface area (Å²) in [5, 5.41) is 2.81. The SMILES string of the molecule is Cc1cc2c(cc1C1CCOCC1)C(OC(=O)C(F)(F)F)NC2. The number of carbonyl (C=O) groups is 1. The lowest BCUT2D eigenvalue weighted by Gasteiger charge is -2.25. The normalized spacial score (nSPS) is 22.0. The Morgan fingerprint density at radius 3 is 2.61 bits per heavy atom. The molecule has 1 unspecified atom stereocenters. The average Bonchev–Trinajstić information content (AvgIpc) is 2.88. The average molecular weight is 329 g/mol. The lowest BCUT2D eigenvalue weighted by atomic mass is 9.86. The Hall–Kier alpha value is -1.60. The molecule has 0 spiro atoms. The van der Waals surface area contributed by atoms with E-state index >= 15 is 0 Å². The largest absolute Gasteiger partial charge is 0.490 e. The fourth-order valence-corrected chi connectivity index (χ4v) is 3.24. The van der Waals surface area contributed by atoms with Crippen LogP contribution in [0.5, 0.6) is 0 Å². The molecule has 1 saturated heterocycles. The number of hydrogen-bond donors (Lipinski definition) is 1. The summed E-state index contributed by atoms with van der Waals surface area (Å²) in [4.78, 5) is 11.1. The van der Waals surface area contributed by atoms with E-state index in [-0.39, 0.29) is 0 Å². The van der Waals surface area contributed by atoms with Gasteiger partial charge in [-0.25, -0.2) is 4.79 Å². The van der Waals surface area contributed by atoms with Crippen LogP contribution in [0.2, 0.25) is 0 Å². The Morgan fingerprint density at radius 1 is 1.26 bits per heavy atom. The van der Waals surface area contributed by atoms with Gasteiger partial charge in [0.25, 0.3) is 0 Å². The second kappa shape index (κ2) is 6.13. The molecular weight excluding hydrogens is 311 g/mol. The number of fused-ring (bicyclic) bond motifs is 1. The van der Waals surface area contributed by atoms with Crippen molar-refractivity contribution < 1.29 is 27.4 Å². The number of nitrogens with one attached hydrogen (secondary N) is 1. The molecule has 0 bridgehead atoms. The van der Waals surface area contributed by atoms with Gasteiger partial charge in [0, 0.05) is 25.3 Å². The van der Waals surface area contributed by atoms with Crippen molar-refractivity contribution >= 4 is 5.97 Å². The highest BCUT2D eigenvalue weighted by atomic mass is 19.4. The van der Waals surface area contributed by atoms with Crippen molar-refractivity contribution in [2.24, 2.45) is 0 Å². The van der Waals surface area contributed by atoms with Crippen molar-refractivity contribution in [3.05, 3.63) is 34.4 Å². The Balaban J connectivity index is 1.85. The predicted octanol–water partition coefficient (Wildman–Crippen LogP) is 3.10. The van der Waals surface area contributed by atoms with E-state index in [0.717, 1.165) is 29.5 Å². The van der Waals surface area contributed by atoms with E-state index in [0.29, 0.717) is 31.2 Å². The maximum absolute atomic E-state index is 12.4. The monoisotopic (exact) mass is 329 g/mol. The number of carbonyl (C=O) groups excluding carboxylic acids is 1. The number of alkyl halides is 3. The molecule has 1 fully saturated rings. The zero-order valence-corrected chi connectivity index (χ0v) is 12.7. The summed E-state index contributed by atoms with van der Waals surface area (Å²) in [5.74, 6) is -1.84. The van der Waals surface area contributed by atoms with Gasteiger partial charge in [-0.2, -0.15) is 13.2 Å². The van der Waals surface area contributed by atoms with E-state index in [9.17, 15) is 18.0 Å². The molecular formula is C16H18F3NO3. The highest BCUT2D eigenvalue weighted by Crippen LogP contribution is 2.36. The van der Waals surface area contributed by atoms with E-state index in [1.54, 1.807) is 0 Å². The number of rotatable bonds is 2. The summed E-state index contributed by atoms with van der Waals surface area (Å²) in [6, 6.07) is 3.85. The van der Waals surface area contributed by atoms with Crippen LogP contribution in [0.15, 0.2) is 12.1 Å². The van der Waals surface area contributed by atoms with E-state index in [2.05, 4.69) is 10.1 Å². The molecule has 0 aromatic heterocycles. The van der Waals surface area contributed by atoms with Crippen LogP contribution in [0, 0.1) is 6.92 Å². The summed E-state index contributed by atoms with van der Waals surface area (Å²) in [6.07, 6.45) is -4.25. The molecule has 0 radical (unpaired) electrons. The summed E-state index contributed by atoms with van der Waals surface area (Å²) < 4.78 is 47.1. The molecule has 7 heteroatoms. The van der Waals surface area contributed by atoms with Gasteiger partial charge in [0.2, 0.25) is 0 Å². The molecule has 1 N–H and O–H groups in total. The number of benzene rings is 1. The van der Waals surface area contributed by atoms with Gasteiger partial charge in [-0.15, -0.1) is 0 Å². The van der Waals surface area contributed by atoms with Crippen molar-refractivity contribution in [3.8, 4) is 0 Å². The fourth-order valence-electron chi connectivity index (χ4n) is 3.24. The van der Waals surface area contributed by atoms with Crippen LogP contribution >= 0.6 is 0 Å². The smallest absolute Gasteiger partial charge is 0.436 e. The molecule has 2 aliphatic rings. The van der Waals surface area contributed by atoms with Crippen LogP contribution in [0.3, 0.4) is 0 Å². The van der Waals surface area contributed by atoms with Crippen LogP contribution in [-0.4, -0.2) is 25.4 Å². The molecule has 0 amide bonds.